The first kappa shape index (κ1) is 16.0. The molecule has 0 aromatic heterocycles. The molecule has 1 fully saturated rings. The molecule has 0 saturated heterocycles. The summed E-state index contributed by atoms with van der Waals surface area (Å²) in [5.41, 5.74) is 0.309. The van der Waals surface area contributed by atoms with E-state index in [1.54, 1.807) is 0 Å². The summed E-state index contributed by atoms with van der Waals surface area (Å²) >= 11 is 0. The summed E-state index contributed by atoms with van der Waals surface area (Å²) in [6.07, 6.45) is 7.59. The van der Waals surface area contributed by atoms with Crippen LogP contribution in [0.15, 0.2) is 0 Å². The first-order valence-electron chi connectivity index (χ1n) is 7.80. The molecule has 0 unspecified atom stereocenters. The molecule has 2 nitrogen and oxygen atoms in total. The van der Waals surface area contributed by atoms with E-state index in [0.717, 1.165) is 19.1 Å². The van der Waals surface area contributed by atoms with Gasteiger partial charge in [-0.1, -0.05) is 39.5 Å². The molecule has 1 aliphatic carbocycles. The van der Waals surface area contributed by atoms with E-state index in [1.165, 1.54) is 38.5 Å². The third kappa shape index (κ3) is 5.27. The van der Waals surface area contributed by atoms with Crippen LogP contribution in [0.1, 0.15) is 73.1 Å². The Bertz CT molecular complexity index is 222. The van der Waals surface area contributed by atoms with E-state index in [2.05, 4.69) is 39.9 Å². The summed E-state index contributed by atoms with van der Waals surface area (Å²) < 4.78 is 6.37. The summed E-state index contributed by atoms with van der Waals surface area (Å²) in [5.74, 6) is 0.733. The van der Waals surface area contributed by atoms with Gasteiger partial charge in [-0.3, -0.25) is 0 Å². The quantitative estimate of drug-likeness (QED) is 0.738. The number of hydrogen-bond donors (Lipinski definition) is 1. The normalized spacial score (nSPS) is 19.7. The van der Waals surface area contributed by atoms with Gasteiger partial charge < -0.3 is 10.1 Å². The molecule has 0 aromatic carbocycles. The van der Waals surface area contributed by atoms with E-state index in [0.29, 0.717) is 0 Å². The second kappa shape index (κ2) is 6.91. The number of nitrogens with one attached hydrogen (secondary N) is 1. The van der Waals surface area contributed by atoms with Crippen molar-refractivity contribution < 1.29 is 4.74 Å². The molecule has 0 radical (unpaired) electrons. The second-order valence-electron chi connectivity index (χ2n) is 6.99. The van der Waals surface area contributed by atoms with E-state index in [1.807, 2.05) is 0 Å². The molecule has 0 spiro atoms. The van der Waals surface area contributed by atoms with Crippen molar-refractivity contribution in [3.05, 3.63) is 0 Å². The molecule has 0 amide bonds. The molecule has 0 aromatic rings. The average Bonchev–Trinajstić information content (AvgIpc) is 2.77. The van der Waals surface area contributed by atoms with Crippen LogP contribution >= 0.6 is 0 Å². The highest BCUT2D eigenvalue weighted by Gasteiger charge is 2.35. The van der Waals surface area contributed by atoms with Crippen LogP contribution in [-0.2, 0) is 4.74 Å². The van der Waals surface area contributed by atoms with E-state index in [4.69, 9.17) is 4.74 Å². The van der Waals surface area contributed by atoms with Gasteiger partial charge in [0.1, 0.15) is 0 Å². The van der Waals surface area contributed by atoms with Crippen LogP contribution in [0.3, 0.4) is 0 Å². The minimum Gasteiger partial charge on any atom is -0.373 e. The van der Waals surface area contributed by atoms with Crippen LogP contribution in [0.5, 0.6) is 0 Å². The van der Waals surface area contributed by atoms with Crippen molar-refractivity contribution in [2.24, 2.45) is 5.92 Å². The van der Waals surface area contributed by atoms with Gasteiger partial charge >= 0.3 is 0 Å². The van der Waals surface area contributed by atoms with Gasteiger partial charge in [0.15, 0.2) is 0 Å². The predicted octanol–water partition coefficient (Wildman–Crippen LogP) is 4.14. The Balaban J connectivity index is 2.47. The van der Waals surface area contributed by atoms with Crippen LogP contribution in [0.2, 0.25) is 0 Å². The van der Waals surface area contributed by atoms with Crippen LogP contribution in [0.25, 0.3) is 0 Å². The molecule has 1 rings (SSSR count). The molecule has 0 bridgehead atoms. The van der Waals surface area contributed by atoms with Crippen molar-refractivity contribution in [1.82, 2.24) is 5.32 Å². The maximum Gasteiger partial charge on any atom is 0.0806 e. The Morgan fingerprint density at radius 1 is 1.11 bits per heavy atom. The van der Waals surface area contributed by atoms with E-state index in [-0.39, 0.29) is 11.1 Å². The van der Waals surface area contributed by atoms with Gasteiger partial charge in [-0.25, -0.2) is 0 Å². The number of hydrogen-bond acceptors (Lipinski definition) is 2. The molecular weight excluding hydrogens is 222 g/mol. The summed E-state index contributed by atoms with van der Waals surface area (Å²) in [6, 6.07) is 0. The predicted molar refractivity (Wildman–Crippen MR) is 79.0 cm³/mol. The number of ether oxygens (including phenoxy) is 1. The third-order valence-corrected chi connectivity index (χ3v) is 4.24. The van der Waals surface area contributed by atoms with Gasteiger partial charge in [-0.15, -0.1) is 0 Å². The Morgan fingerprint density at radius 2 is 1.67 bits per heavy atom. The molecule has 108 valence electrons. The maximum absolute atomic E-state index is 6.37. The largest absolute Gasteiger partial charge is 0.373 e. The standard InChI is InChI=1S/C16H33NO/c1-6-14(7-2)12-18-16(10-8-9-11-16)13-17-15(3,4)5/h14,17H,6-13H2,1-5H3. The summed E-state index contributed by atoms with van der Waals surface area (Å²) in [7, 11) is 0. The highest BCUT2D eigenvalue weighted by atomic mass is 16.5. The monoisotopic (exact) mass is 255 g/mol. The highest BCUT2D eigenvalue weighted by Crippen LogP contribution is 2.34. The molecule has 1 aliphatic rings. The van der Waals surface area contributed by atoms with Crippen LogP contribution in [-0.4, -0.2) is 24.3 Å². The molecule has 1 saturated carbocycles. The van der Waals surface area contributed by atoms with Crippen molar-refractivity contribution in [2.75, 3.05) is 13.2 Å². The lowest BCUT2D eigenvalue weighted by molar-refractivity contribution is -0.0588. The zero-order valence-electron chi connectivity index (χ0n) is 13.1. The number of rotatable bonds is 7. The lowest BCUT2D eigenvalue weighted by Gasteiger charge is -2.34. The van der Waals surface area contributed by atoms with Gasteiger partial charge in [0.05, 0.1) is 12.2 Å². The van der Waals surface area contributed by atoms with E-state index < -0.39 is 0 Å². The minimum atomic E-state index is 0.121. The lowest BCUT2D eigenvalue weighted by atomic mass is 9.98. The molecule has 2 heteroatoms. The fraction of sp³-hybridized carbons (Fsp3) is 1.00. The van der Waals surface area contributed by atoms with Crippen molar-refractivity contribution in [3.8, 4) is 0 Å². The highest BCUT2D eigenvalue weighted by molar-refractivity contribution is 4.91. The van der Waals surface area contributed by atoms with Crippen molar-refractivity contribution >= 4 is 0 Å². The molecule has 18 heavy (non-hydrogen) atoms. The first-order valence-corrected chi connectivity index (χ1v) is 7.80. The van der Waals surface area contributed by atoms with Crippen molar-refractivity contribution in [2.45, 2.75) is 84.3 Å². The van der Waals surface area contributed by atoms with Gasteiger partial charge in [0.25, 0.3) is 0 Å². The Hall–Kier alpha value is -0.0800. The first-order chi connectivity index (χ1) is 8.41. The third-order valence-electron chi connectivity index (χ3n) is 4.24. The lowest BCUT2D eigenvalue weighted by Crippen LogP contribution is -2.48. The zero-order valence-corrected chi connectivity index (χ0v) is 13.1. The summed E-state index contributed by atoms with van der Waals surface area (Å²) in [4.78, 5) is 0. The zero-order chi connectivity index (χ0) is 13.6. The Labute approximate surface area is 114 Å². The fourth-order valence-electron chi connectivity index (χ4n) is 2.64. The summed E-state index contributed by atoms with van der Waals surface area (Å²) in [6.45, 7) is 13.2. The van der Waals surface area contributed by atoms with Gasteiger partial charge in [-0.2, -0.15) is 0 Å². The fourth-order valence-corrected chi connectivity index (χ4v) is 2.64. The van der Waals surface area contributed by atoms with Gasteiger partial charge in [0.2, 0.25) is 0 Å². The van der Waals surface area contributed by atoms with Crippen LogP contribution in [0.4, 0.5) is 0 Å². The minimum absolute atomic E-state index is 0.121. The molecule has 0 aliphatic heterocycles. The van der Waals surface area contributed by atoms with Crippen molar-refractivity contribution in [3.63, 3.8) is 0 Å². The second-order valence-corrected chi connectivity index (χ2v) is 6.99. The van der Waals surface area contributed by atoms with Gasteiger partial charge in [0, 0.05) is 12.1 Å². The molecule has 0 heterocycles. The maximum atomic E-state index is 6.37. The molecular formula is C16H33NO. The Kier molecular flexibility index (Phi) is 6.13. The smallest absolute Gasteiger partial charge is 0.0806 e. The van der Waals surface area contributed by atoms with Crippen molar-refractivity contribution in [1.29, 1.82) is 0 Å². The molecule has 1 N–H and O–H groups in total. The van der Waals surface area contributed by atoms with E-state index >= 15 is 0 Å². The van der Waals surface area contributed by atoms with Crippen LogP contribution in [0, 0.1) is 5.92 Å². The van der Waals surface area contributed by atoms with Gasteiger partial charge in [-0.05, 0) is 39.5 Å². The van der Waals surface area contributed by atoms with Crippen LogP contribution < -0.4 is 5.32 Å². The molecule has 0 atom stereocenters. The summed E-state index contributed by atoms with van der Waals surface area (Å²) in [5, 5.41) is 3.64. The Morgan fingerprint density at radius 3 is 2.11 bits per heavy atom. The SMILES string of the molecule is CCC(CC)COC1(CNC(C)(C)C)CCCC1. The topological polar surface area (TPSA) is 21.3 Å². The van der Waals surface area contributed by atoms with E-state index in [9.17, 15) is 0 Å². The average molecular weight is 255 g/mol.